The third-order valence-electron chi connectivity index (χ3n) is 7.55. The van der Waals surface area contributed by atoms with E-state index in [4.69, 9.17) is 23.2 Å². The zero-order valence-corrected chi connectivity index (χ0v) is 27.8. The first kappa shape index (κ1) is 34.0. The second-order valence-electron chi connectivity index (χ2n) is 11.0. The van der Waals surface area contributed by atoms with Gasteiger partial charge in [-0.1, -0.05) is 108 Å². The molecule has 0 fully saturated rings. The first-order valence-corrected chi connectivity index (χ1v) is 16.9. The summed E-state index contributed by atoms with van der Waals surface area (Å²) < 4.78 is 29.1. The van der Waals surface area contributed by atoms with Gasteiger partial charge in [0.15, 0.2) is 0 Å². The molecule has 0 saturated heterocycles. The number of halogens is 2. The summed E-state index contributed by atoms with van der Waals surface area (Å²) in [5.74, 6) is -0.873. The molecule has 0 aromatic heterocycles. The average Bonchev–Trinajstić information content (AvgIpc) is 3.04. The van der Waals surface area contributed by atoms with Crippen molar-refractivity contribution in [1.29, 1.82) is 0 Å². The van der Waals surface area contributed by atoms with Gasteiger partial charge in [0.1, 0.15) is 12.6 Å². The van der Waals surface area contributed by atoms with Gasteiger partial charge in [0, 0.05) is 19.0 Å². The molecule has 0 aliphatic carbocycles. The molecule has 0 unspecified atom stereocenters. The molecule has 4 rings (SSSR count). The number of nitrogens with zero attached hydrogens (tertiary/aromatic N) is 2. The van der Waals surface area contributed by atoms with Crippen LogP contribution >= 0.6 is 23.2 Å². The second kappa shape index (κ2) is 15.4. The third-order valence-corrected chi connectivity index (χ3v) is 10.1. The highest BCUT2D eigenvalue weighted by atomic mass is 35.5. The Morgan fingerprint density at radius 2 is 1.44 bits per heavy atom. The van der Waals surface area contributed by atoms with Gasteiger partial charge in [-0.25, -0.2) is 8.42 Å². The van der Waals surface area contributed by atoms with Gasteiger partial charge in [0.25, 0.3) is 10.0 Å². The number of amides is 2. The van der Waals surface area contributed by atoms with Gasteiger partial charge >= 0.3 is 0 Å². The molecule has 0 radical (unpaired) electrons. The third kappa shape index (κ3) is 8.87. The Morgan fingerprint density at radius 3 is 2.04 bits per heavy atom. The Labute approximate surface area is 275 Å². The molecular weight excluding hydrogens is 629 g/mol. The van der Waals surface area contributed by atoms with Crippen LogP contribution in [0.25, 0.3) is 0 Å². The fraction of sp³-hybridized carbons (Fsp3) is 0.257. The van der Waals surface area contributed by atoms with Gasteiger partial charge in [-0.3, -0.25) is 13.9 Å². The summed E-state index contributed by atoms with van der Waals surface area (Å²) in [4.78, 5) is 29.9. The normalized spacial score (nSPS) is 12.6. The molecule has 45 heavy (non-hydrogen) atoms. The maximum absolute atomic E-state index is 14.5. The lowest BCUT2D eigenvalue weighted by molar-refractivity contribution is -0.140. The van der Waals surface area contributed by atoms with Crippen LogP contribution < -0.4 is 9.62 Å². The van der Waals surface area contributed by atoms with Crippen LogP contribution in [-0.4, -0.2) is 43.8 Å². The molecule has 236 valence electrons. The lowest BCUT2D eigenvalue weighted by atomic mass is 10.0. The van der Waals surface area contributed by atoms with E-state index in [1.54, 1.807) is 18.2 Å². The van der Waals surface area contributed by atoms with Crippen molar-refractivity contribution >= 4 is 50.7 Å². The highest BCUT2D eigenvalue weighted by molar-refractivity contribution is 7.92. The van der Waals surface area contributed by atoms with E-state index in [9.17, 15) is 18.0 Å². The molecule has 10 heteroatoms. The van der Waals surface area contributed by atoms with Crippen molar-refractivity contribution in [3.05, 3.63) is 130 Å². The highest BCUT2D eigenvalue weighted by Crippen LogP contribution is 2.31. The van der Waals surface area contributed by atoms with Crippen molar-refractivity contribution in [2.45, 2.75) is 57.1 Å². The van der Waals surface area contributed by atoms with Gasteiger partial charge in [-0.15, -0.1) is 0 Å². The van der Waals surface area contributed by atoms with Gasteiger partial charge < -0.3 is 10.2 Å². The maximum atomic E-state index is 14.5. The van der Waals surface area contributed by atoms with Gasteiger partial charge in [0.2, 0.25) is 11.8 Å². The Bertz CT molecular complexity index is 1700. The molecular formula is C35H37Cl2N3O4S. The zero-order chi connectivity index (χ0) is 32.6. The van der Waals surface area contributed by atoms with Crippen LogP contribution in [0.1, 0.15) is 37.0 Å². The SMILES string of the molecule is CC[C@@H](C)NC(=O)[C@H](Cc1ccccc1)N(Cc1ccc(C)cc1)C(=O)CN(c1ccc(Cl)c(Cl)c1)S(=O)(=O)c1ccccc1. The molecule has 4 aromatic rings. The second-order valence-corrected chi connectivity index (χ2v) is 13.6. The van der Waals surface area contributed by atoms with E-state index in [0.717, 1.165) is 21.0 Å². The molecule has 2 atom stereocenters. The summed E-state index contributed by atoms with van der Waals surface area (Å²) in [6, 6.07) is 28.3. The minimum atomic E-state index is -4.24. The summed E-state index contributed by atoms with van der Waals surface area (Å²) in [6.07, 6.45) is 0.940. The van der Waals surface area contributed by atoms with Crippen LogP contribution in [0.15, 0.2) is 108 Å². The number of nitrogens with one attached hydrogen (secondary N) is 1. The molecule has 0 bridgehead atoms. The van der Waals surface area contributed by atoms with E-state index in [1.165, 1.54) is 35.2 Å². The average molecular weight is 667 g/mol. The molecule has 4 aromatic carbocycles. The lowest BCUT2D eigenvalue weighted by Crippen LogP contribution is -2.54. The van der Waals surface area contributed by atoms with Crippen LogP contribution in [0.3, 0.4) is 0 Å². The molecule has 0 aliphatic rings. The van der Waals surface area contributed by atoms with Crippen molar-refractivity contribution in [3.63, 3.8) is 0 Å². The summed E-state index contributed by atoms with van der Waals surface area (Å²) >= 11 is 12.5. The maximum Gasteiger partial charge on any atom is 0.264 e. The van der Waals surface area contributed by atoms with Crippen molar-refractivity contribution in [2.75, 3.05) is 10.8 Å². The summed E-state index contributed by atoms with van der Waals surface area (Å²) in [7, 11) is -4.24. The number of sulfonamides is 1. The van der Waals surface area contributed by atoms with Crippen LogP contribution in [-0.2, 0) is 32.6 Å². The minimum Gasteiger partial charge on any atom is -0.352 e. The number of carbonyl (C=O) groups excluding carboxylic acids is 2. The summed E-state index contributed by atoms with van der Waals surface area (Å²) in [6.45, 7) is 5.35. The van der Waals surface area contributed by atoms with Gasteiger partial charge in [-0.2, -0.15) is 0 Å². The first-order valence-electron chi connectivity index (χ1n) is 14.7. The van der Waals surface area contributed by atoms with Crippen LogP contribution in [0, 0.1) is 6.92 Å². The van der Waals surface area contributed by atoms with Crippen molar-refractivity contribution in [3.8, 4) is 0 Å². The topological polar surface area (TPSA) is 86.8 Å². The fourth-order valence-corrected chi connectivity index (χ4v) is 6.49. The van der Waals surface area contributed by atoms with Crippen LogP contribution in [0.2, 0.25) is 10.0 Å². The number of hydrogen-bond donors (Lipinski definition) is 1. The number of aryl methyl sites for hydroxylation is 1. The lowest BCUT2D eigenvalue weighted by Gasteiger charge is -2.34. The van der Waals surface area contributed by atoms with E-state index >= 15 is 0 Å². The standard InChI is InChI=1S/C35H37Cl2N3O4S/c1-4-26(3)38-35(42)33(21-27-11-7-5-8-12-27)39(23-28-17-15-25(2)16-18-28)34(41)24-40(29-19-20-31(36)32(37)22-29)45(43,44)30-13-9-6-10-14-30/h5-20,22,26,33H,4,21,23-24H2,1-3H3,(H,38,42)/t26-,33+/m1/s1. The molecule has 0 aliphatic heterocycles. The molecule has 7 nitrogen and oxygen atoms in total. The molecule has 2 amide bonds. The quantitative estimate of drug-likeness (QED) is 0.166. The van der Waals surface area contributed by atoms with Crippen molar-refractivity contribution in [2.24, 2.45) is 0 Å². The number of benzene rings is 4. The Kier molecular flexibility index (Phi) is 11.7. The number of anilines is 1. The minimum absolute atomic E-state index is 0.00399. The highest BCUT2D eigenvalue weighted by Gasteiger charge is 2.35. The molecule has 0 heterocycles. The van der Waals surface area contributed by atoms with E-state index in [2.05, 4.69) is 5.32 Å². The molecule has 1 N–H and O–H groups in total. The van der Waals surface area contributed by atoms with E-state index in [0.29, 0.717) is 6.42 Å². The largest absolute Gasteiger partial charge is 0.352 e. The number of hydrogen-bond acceptors (Lipinski definition) is 4. The smallest absolute Gasteiger partial charge is 0.264 e. The van der Waals surface area contributed by atoms with Crippen LogP contribution in [0.5, 0.6) is 0 Å². The molecule has 0 saturated carbocycles. The Morgan fingerprint density at radius 1 is 0.822 bits per heavy atom. The van der Waals surface area contributed by atoms with Crippen molar-refractivity contribution < 1.29 is 18.0 Å². The van der Waals surface area contributed by atoms with E-state index in [-0.39, 0.29) is 45.5 Å². The first-order chi connectivity index (χ1) is 21.5. The molecule has 0 spiro atoms. The number of carbonyl (C=O) groups is 2. The van der Waals surface area contributed by atoms with Gasteiger partial charge in [-0.05, 0) is 61.7 Å². The van der Waals surface area contributed by atoms with Gasteiger partial charge in [0.05, 0.1) is 20.6 Å². The predicted molar refractivity (Wildman–Crippen MR) is 181 cm³/mol. The van der Waals surface area contributed by atoms with E-state index < -0.39 is 28.5 Å². The zero-order valence-electron chi connectivity index (χ0n) is 25.5. The number of rotatable bonds is 13. The summed E-state index contributed by atoms with van der Waals surface area (Å²) in [5.41, 5.74) is 2.88. The Hall–Kier alpha value is -3.85. The predicted octanol–water partition coefficient (Wildman–Crippen LogP) is 7.05. The summed E-state index contributed by atoms with van der Waals surface area (Å²) in [5, 5.41) is 3.42. The monoisotopic (exact) mass is 665 g/mol. The van der Waals surface area contributed by atoms with Crippen LogP contribution in [0.4, 0.5) is 5.69 Å². The Balaban J connectivity index is 1.81. The fourth-order valence-electron chi connectivity index (χ4n) is 4.77. The van der Waals surface area contributed by atoms with E-state index in [1.807, 2.05) is 75.4 Å². The van der Waals surface area contributed by atoms with Crippen molar-refractivity contribution in [1.82, 2.24) is 10.2 Å².